The highest BCUT2D eigenvalue weighted by Crippen LogP contribution is 2.37. The number of carboxylic acid groups (broad SMARTS) is 1. The molecule has 1 atom stereocenters. The third kappa shape index (κ3) is 1.65. The van der Waals surface area contributed by atoms with E-state index >= 15 is 0 Å². The number of rotatable bonds is 1. The van der Waals surface area contributed by atoms with Crippen LogP contribution in [0.3, 0.4) is 0 Å². The van der Waals surface area contributed by atoms with Gasteiger partial charge in [-0.05, 0) is 49.3 Å². The molecule has 0 aliphatic heterocycles. The number of carbonyl (C=O) groups is 1. The molecule has 1 aliphatic rings. The fourth-order valence-corrected chi connectivity index (χ4v) is 3.03. The van der Waals surface area contributed by atoms with E-state index in [-0.39, 0.29) is 0 Å². The number of aromatic carboxylic acids is 1. The fraction of sp³-hybridized carbons (Fsp3) is 0.375. The summed E-state index contributed by atoms with van der Waals surface area (Å²) in [6.45, 7) is 6.18. The van der Waals surface area contributed by atoms with E-state index in [1.807, 2.05) is 26.0 Å². The average Bonchev–Trinajstić information content (AvgIpc) is 2.73. The Labute approximate surface area is 112 Å². The zero-order valence-electron chi connectivity index (χ0n) is 11.4. The second kappa shape index (κ2) is 4.05. The molecule has 3 rings (SSSR count). The highest BCUT2D eigenvalue weighted by atomic mass is 16.4. The predicted octanol–water partition coefficient (Wildman–Crippen LogP) is 3.60. The fourth-order valence-electron chi connectivity index (χ4n) is 3.03. The van der Waals surface area contributed by atoms with Crippen LogP contribution < -0.4 is 0 Å². The minimum atomic E-state index is -0.832. The SMILES string of the molecule is Cc1ccc2c(C(=O)O)c3c(nc2c1C)C(C)CC3. The lowest BCUT2D eigenvalue weighted by Crippen LogP contribution is -2.07. The molecule has 0 spiro atoms. The molecular formula is C16H17NO2. The normalized spacial score (nSPS) is 17.7. The van der Waals surface area contributed by atoms with Gasteiger partial charge in [-0.3, -0.25) is 4.98 Å². The van der Waals surface area contributed by atoms with Gasteiger partial charge in [0, 0.05) is 11.1 Å². The topological polar surface area (TPSA) is 50.2 Å². The van der Waals surface area contributed by atoms with E-state index in [1.165, 1.54) is 0 Å². The van der Waals surface area contributed by atoms with Crippen LogP contribution in [0.1, 0.15) is 52.0 Å². The molecule has 0 bridgehead atoms. The monoisotopic (exact) mass is 255 g/mol. The van der Waals surface area contributed by atoms with Gasteiger partial charge in [-0.2, -0.15) is 0 Å². The van der Waals surface area contributed by atoms with Crippen LogP contribution in [-0.4, -0.2) is 16.1 Å². The van der Waals surface area contributed by atoms with Crippen LogP contribution in [0.25, 0.3) is 10.9 Å². The Balaban J connectivity index is 2.49. The van der Waals surface area contributed by atoms with Crippen molar-refractivity contribution in [2.75, 3.05) is 0 Å². The summed E-state index contributed by atoms with van der Waals surface area (Å²) in [6, 6.07) is 3.88. The number of nitrogens with zero attached hydrogens (tertiary/aromatic N) is 1. The number of aromatic nitrogens is 1. The largest absolute Gasteiger partial charge is 0.478 e. The Morgan fingerprint density at radius 3 is 2.79 bits per heavy atom. The zero-order valence-corrected chi connectivity index (χ0v) is 11.4. The van der Waals surface area contributed by atoms with Crippen LogP contribution >= 0.6 is 0 Å². The Kier molecular flexibility index (Phi) is 2.59. The zero-order chi connectivity index (χ0) is 13.7. The smallest absolute Gasteiger partial charge is 0.336 e. The maximum Gasteiger partial charge on any atom is 0.336 e. The summed E-state index contributed by atoms with van der Waals surface area (Å²) in [4.78, 5) is 16.4. The third-order valence-electron chi connectivity index (χ3n) is 4.32. The molecule has 1 aromatic heterocycles. The van der Waals surface area contributed by atoms with Crippen molar-refractivity contribution in [2.24, 2.45) is 0 Å². The van der Waals surface area contributed by atoms with Gasteiger partial charge < -0.3 is 5.11 Å². The summed E-state index contributed by atoms with van der Waals surface area (Å²) in [5.74, 6) is -0.474. The summed E-state index contributed by atoms with van der Waals surface area (Å²) in [6.07, 6.45) is 1.82. The summed E-state index contributed by atoms with van der Waals surface area (Å²) in [5.41, 5.74) is 5.48. The summed E-state index contributed by atoms with van der Waals surface area (Å²) in [5, 5.41) is 10.3. The van der Waals surface area contributed by atoms with Crippen molar-refractivity contribution < 1.29 is 9.90 Å². The molecule has 1 N–H and O–H groups in total. The van der Waals surface area contributed by atoms with Crippen LogP contribution in [0.15, 0.2) is 12.1 Å². The Hall–Kier alpha value is -1.90. The molecule has 1 aromatic carbocycles. The number of carboxylic acids is 1. The molecule has 0 amide bonds. The van der Waals surface area contributed by atoms with Gasteiger partial charge in [0.2, 0.25) is 0 Å². The van der Waals surface area contributed by atoms with E-state index in [2.05, 4.69) is 6.92 Å². The van der Waals surface area contributed by atoms with Gasteiger partial charge in [-0.1, -0.05) is 19.1 Å². The first kappa shape index (κ1) is 12.2. The first-order valence-corrected chi connectivity index (χ1v) is 6.66. The lowest BCUT2D eigenvalue weighted by Gasteiger charge is -2.13. The molecule has 19 heavy (non-hydrogen) atoms. The summed E-state index contributed by atoms with van der Waals surface area (Å²) in [7, 11) is 0. The van der Waals surface area contributed by atoms with Crippen molar-refractivity contribution in [1.29, 1.82) is 0 Å². The van der Waals surface area contributed by atoms with E-state index in [0.717, 1.165) is 46.1 Å². The molecule has 0 saturated heterocycles. The number of fused-ring (bicyclic) bond motifs is 2. The first-order valence-electron chi connectivity index (χ1n) is 6.66. The number of benzene rings is 1. The van der Waals surface area contributed by atoms with Crippen molar-refractivity contribution in [3.8, 4) is 0 Å². The van der Waals surface area contributed by atoms with Crippen molar-refractivity contribution in [3.63, 3.8) is 0 Å². The van der Waals surface area contributed by atoms with Crippen molar-refractivity contribution in [3.05, 3.63) is 40.1 Å². The number of aryl methyl sites for hydroxylation is 2. The summed E-state index contributed by atoms with van der Waals surface area (Å²) < 4.78 is 0. The van der Waals surface area contributed by atoms with E-state index in [0.29, 0.717) is 11.5 Å². The Morgan fingerprint density at radius 2 is 2.11 bits per heavy atom. The van der Waals surface area contributed by atoms with Crippen LogP contribution in [0.2, 0.25) is 0 Å². The molecule has 1 aliphatic carbocycles. The second-order valence-corrected chi connectivity index (χ2v) is 5.50. The molecule has 2 aromatic rings. The van der Waals surface area contributed by atoms with Gasteiger partial charge in [-0.15, -0.1) is 0 Å². The van der Waals surface area contributed by atoms with E-state index < -0.39 is 5.97 Å². The van der Waals surface area contributed by atoms with Crippen molar-refractivity contribution in [1.82, 2.24) is 4.98 Å². The van der Waals surface area contributed by atoms with E-state index in [9.17, 15) is 9.90 Å². The first-order chi connectivity index (χ1) is 9.00. The molecule has 1 unspecified atom stereocenters. The van der Waals surface area contributed by atoms with Gasteiger partial charge in [0.1, 0.15) is 0 Å². The Bertz CT molecular complexity index is 704. The van der Waals surface area contributed by atoms with Crippen molar-refractivity contribution in [2.45, 2.75) is 39.5 Å². The summed E-state index contributed by atoms with van der Waals surface area (Å²) >= 11 is 0. The molecule has 3 nitrogen and oxygen atoms in total. The van der Waals surface area contributed by atoms with Gasteiger partial charge in [0.15, 0.2) is 0 Å². The van der Waals surface area contributed by atoms with E-state index in [1.54, 1.807) is 0 Å². The maximum absolute atomic E-state index is 11.6. The van der Waals surface area contributed by atoms with Crippen LogP contribution in [-0.2, 0) is 6.42 Å². The highest BCUT2D eigenvalue weighted by molar-refractivity contribution is 6.05. The Morgan fingerprint density at radius 1 is 1.37 bits per heavy atom. The molecular weight excluding hydrogens is 238 g/mol. The predicted molar refractivity (Wildman–Crippen MR) is 74.9 cm³/mol. The quantitative estimate of drug-likeness (QED) is 0.847. The van der Waals surface area contributed by atoms with Crippen LogP contribution in [0, 0.1) is 13.8 Å². The maximum atomic E-state index is 11.6. The molecule has 0 saturated carbocycles. The molecule has 1 heterocycles. The van der Waals surface area contributed by atoms with Gasteiger partial charge in [-0.25, -0.2) is 4.79 Å². The third-order valence-corrected chi connectivity index (χ3v) is 4.32. The molecule has 0 fully saturated rings. The van der Waals surface area contributed by atoms with Crippen LogP contribution in [0.4, 0.5) is 0 Å². The lowest BCUT2D eigenvalue weighted by atomic mass is 9.96. The minimum Gasteiger partial charge on any atom is -0.478 e. The molecule has 3 heteroatoms. The highest BCUT2D eigenvalue weighted by Gasteiger charge is 2.28. The van der Waals surface area contributed by atoms with Gasteiger partial charge in [0.05, 0.1) is 11.1 Å². The number of hydrogen-bond acceptors (Lipinski definition) is 2. The number of hydrogen-bond donors (Lipinski definition) is 1. The second-order valence-electron chi connectivity index (χ2n) is 5.50. The van der Waals surface area contributed by atoms with Crippen molar-refractivity contribution >= 4 is 16.9 Å². The van der Waals surface area contributed by atoms with Gasteiger partial charge >= 0.3 is 5.97 Å². The van der Waals surface area contributed by atoms with E-state index in [4.69, 9.17) is 4.98 Å². The molecule has 98 valence electrons. The molecule has 0 radical (unpaired) electrons. The average molecular weight is 255 g/mol. The number of pyridine rings is 1. The minimum absolute atomic E-state index is 0.359. The lowest BCUT2D eigenvalue weighted by molar-refractivity contribution is 0.0698. The van der Waals surface area contributed by atoms with Crippen LogP contribution in [0.5, 0.6) is 0 Å². The van der Waals surface area contributed by atoms with Gasteiger partial charge in [0.25, 0.3) is 0 Å². The standard InChI is InChI=1S/C16H17NO2/c1-8-4-6-12-13(16(18)19)11-7-5-9(2)14(11)17-15(12)10(8)3/h4,6,9H,5,7H2,1-3H3,(H,18,19).